The highest BCUT2D eigenvalue weighted by molar-refractivity contribution is 9.10. The van der Waals surface area contributed by atoms with Gasteiger partial charge in [0.15, 0.2) is 19.5 Å². The Labute approximate surface area is 189 Å². The van der Waals surface area contributed by atoms with Crippen LogP contribution >= 0.6 is 15.9 Å². The lowest BCUT2D eigenvalue weighted by molar-refractivity contribution is -0.0849. The molecule has 29 heavy (non-hydrogen) atoms. The van der Waals surface area contributed by atoms with E-state index >= 15 is 0 Å². The Hall–Kier alpha value is -0.676. The van der Waals surface area contributed by atoms with Gasteiger partial charge in [-0.3, -0.25) is 0 Å². The molecule has 0 atom stereocenters. The van der Waals surface area contributed by atoms with Crippen molar-refractivity contribution in [3.05, 3.63) is 33.8 Å². The average Bonchev–Trinajstić information content (AvgIpc) is 2.59. The predicted molar refractivity (Wildman–Crippen MR) is 129 cm³/mol. The van der Waals surface area contributed by atoms with Gasteiger partial charge in [0, 0.05) is 23.0 Å². The molecule has 166 valence electrons. The van der Waals surface area contributed by atoms with Crippen LogP contribution < -0.4 is 0 Å². The van der Waals surface area contributed by atoms with Crippen LogP contribution in [0.15, 0.2) is 22.7 Å². The highest BCUT2D eigenvalue weighted by atomic mass is 79.9. The van der Waals surface area contributed by atoms with Gasteiger partial charge in [-0.1, -0.05) is 55.0 Å². The third-order valence-electron chi connectivity index (χ3n) is 4.55. The van der Waals surface area contributed by atoms with Crippen molar-refractivity contribution in [1.29, 1.82) is 0 Å². The number of hydrogen-bond donors (Lipinski definition) is 0. The molecule has 0 saturated heterocycles. The van der Waals surface area contributed by atoms with Crippen molar-refractivity contribution in [3.63, 3.8) is 0 Å². The number of rotatable bonds is 10. The molecule has 8 heteroatoms. The van der Waals surface area contributed by atoms with Crippen molar-refractivity contribution in [3.8, 4) is 0 Å². The SMILES string of the molecule is C[SiH2]OC(O[SiH2]C)C(C)(C)CCN(Cc1ccc(Br)c(C)c1)C(=O)OC(C)(C)C. The maximum absolute atomic E-state index is 12.9. The fraction of sp³-hybridized carbons (Fsp3) is 0.667. The number of nitrogens with zero attached hydrogens (tertiary/aromatic N) is 1. The number of benzene rings is 1. The van der Waals surface area contributed by atoms with E-state index in [0.717, 1.165) is 22.0 Å². The van der Waals surface area contributed by atoms with Gasteiger partial charge in [0.2, 0.25) is 0 Å². The molecule has 0 aromatic heterocycles. The number of amides is 1. The van der Waals surface area contributed by atoms with Gasteiger partial charge in [-0.2, -0.15) is 0 Å². The van der Waals surface area contributed by atoms with Crippen LogP contribution in [0, 0.1) is 12.3 Å². The quantitative estimate of drug-likeness (QED) is 0.347. The van der Waals surface area contributed by atoms with Gasteiger partial charge >= 0.3 is 6.09 Å². The number of ether oxygens (including phenoxy) is 1. The lowest BCUT2D eigenvalue weighted by Gasteiger charge is -2.36. The molecule has 0 saturated carbocycles. The van der Waals surface area contributed by atoms with E-state index in [1.807, 2.05) is 32.9 Å². The first kappa shape index (κ1) is 26.4. The molecule has 0 fully saturated rings. The molecule has 0 aliphatic rings. The molecule has 0 spiro atoms. The summed E-state index contributed by atoms with van der Waals surface area (Å²) in [5.74, 6) is 0. The summed E-state index contributed by atoms with van der Waals surface area (Å²) in [5, 5.41) is 0. The Bertz CT molecular complexity index is 659. The van der Waals surface area contributed by atoms with E-state index in [2.05, 4.69) is 55.9 Å². The first-order valence-corrected chi connectivity index (χ1v) is 15.1. The topological polar surface area (TPSA) is 48.0 Å². The van der Waals surface area contributed by atoms with Crippen molar-refractivity contribution >= 4 is 41.5 Å². The predicted octanol–water partition coefficient (Wildman–Crippen LogP) is 4.53. The number of aryl methyl sites for hydroxylation is 1. The molecule has 0 heterocycles. The summed E-state index contributed by atoms with van der Waals surface area (Å²) in [6.45, 7) is 17.4. The van der Waals surface area contributed by atoms with Crippen LogP contribution in [0.2, 0.25) is 13.1 Å². The van der Waals surface area contributed by atoms with Gasteiger partial charge < -0.3 is 18.5 Å². The summed E-state index contributed by atoms with van der Waals surface area (Å²) in [6.07, 6.45) is 0.295. The van der Waals surface area contributed by atoms with E-state index in [-0.39, 0.29) is 17.8 Å². The maximum Gasteiger partial charge on any atom is 0.410 e. The molecule has 0 aliphatic heterocycles. The van der Waals surface area contributed by atoms with E-state index < -0.39 is 25.1 Å². The standard InChI is InChI=1S/C21H38BrNO4Si2/c1-15-13-16(9-10-17(15)22)14-23(19(24)25-20(2,3)4)12-11-21(5,6)18(26-28-7)27-29-8/h9-10,13,18H,11-12,14,28-29H2,1-8H3. The minimum atomic E-state index is -0.577. The van der Waals surface area contributed by atoms with Crippen LogP contribution in [0.1, 0.15) is 52.2 Å². The fourth-order valence-electron chi connectivity index (χ4n) is 2.93. The zero-order chi connectivity index (χ0) is 22.2. The largest absolute Gasteiger partial charge is 0.444 e. The van der Waals surface area contributed by atoms with E-state index in [1.54, 1.807) is 4.90 Å². The van der Waals surface area contributed by atoms with Crippen LogP contribution in [-0.2, 0) is 20.1 Å². The first-order chi connectivity index (χ1) is 13.4. The second-order valence-electron chi connectivity index (χ2n) is 8.97. The number of carbonyl (C=O) groups excluding carboxylic acids is 1. The normalized spacial score (nSPS) is 14.1. The Kier molecular flexibility index (Phi) is 10.6. The fourth-order valence-corrected chi connectivity index (χ4v) is 5.07. The number of halogens is 1. The van der Waals surface area contributed by atoms with Crippen LogP contribution in [0.3, 0.4) is 0 Å². The summed E-state index contributed by atoms with van der Waals surface area (Å²) in [6, 6.07) is 6.17. The zero-order valence-corrected chi connectivity index (χ0v) is 23.7. The smallest absolute Gasteiger partial charge is 0.410 e. The molecule has 0 radical (unpaired) electrons. The van der Waals surface area contributed by atoms with Gasteiger partial charge in [-0.15, -0.1) is 0 Å². The number of hydrogen-bond acceptors (Lipinski definition) is 4. The van der Waals surface area contributed by atoms with Gasteiger partial charge in [0.1, 0.15) is 11.9 Å². The summed E-state index contributed by atoms with van der Waals surface area (Å²) in [7, 11) is -1.15. The number of carbonyl (C=O) groups is 1. The Morgan fingerprint density at radius 1 is 1.14 bits per heavy atom. The third-order valence-corrected chi connectivity index (χ3v) is 6.71. The molecular formula is C21H38BrNO4Si2. The molecule has 1 rings (SSSR count). The van der Waals surface area contributed by atoms with Crippen LogP contribution in [0.25, 0.3) is 0 Å². The van der Waals surface area contributed by atoms with Gasteiger partial charge in [0.05, 0.1) is 0 Å². The average molecular weight is 505 g/mol. The maximum atomic E-state index is 12.9. The molecule has 5 nitrogen and oxygen atoms in total. The highest BCUT2D eigenvalue weighted by Crippen LogP contribution is 2.29. The molecule has 0 N–H and O–H groups in total. The molecule has 1 amide bonds. The Balaban J connectivity index is 2.98. The first-order valence-electron chi connectivity index (χ1n) is 10.4. The Morgan fingerprint density at radius 3 is 2.21 bits per heavy atom. The van der Waals surface area contributed by atoms with Crippen LogP contribution in [-0.4, -0.2) is 49.0 Å². The summed E-state index contributed by atoms with van der Waals surface area (Å²) >= 11 is 3.54. The van der Waals surface area contributed by atoms with Gasteiger partial charge in [0.25, 0.3) is 0 Å². The summed E-state index contributed by atoms with van der Waals surface area (Å²) in [4.78, 5) is 14.7. The summed E-state index contributed by atoms with van der Waals surface area (Å²) < 4.78 is 18.7. The van der Waals surface area contributed by atoms with Crippen molar-refractivity contribution in [2.24, 2.45) is 5.41 Å². The van der Waals surface area contributed by atoms with E-state index in [0.29, 0.717) is 13.1 Å². The second kappa shape index (κ2) is 11.6. The minimum Gasteiger partial charge on any atom is -0.444 e. The monoisotopic (exact) mass is 503 g/mol. The lowest BCUT2D eigenvalue weighted by atomic mass is 9.88. The third kappa shape index (κ3) is 9.34. The molecule has 1 aromatic carbocycles. The molecule has 1 aromatic rings. The Morgan fingerprint density at radius 2 is 1.72 bits per heavy atom. The molecule has 0 unspecified atom stereocenters. The van der Waals surface area contributed by atoms with Crippen molar-refractivity contribution in [2.45, 2.75) is 79.5 Å². The van der Waals surface area contributed by atoms with Gasteiger partial charge in [-0.25, -0.2) is 4.79 Å². The van der Waals surface area contributed by atoms with Gasteiger partial charge in [-0.05, 0) is 51.3 Å². The highest BCUT2D eigenvalue weighted by Gasteiger charge is 2.32. The second-order valence-corrected chi connectivity index (χ2v) is 11.6. The summed E-state index contributed by atoms with van der Waals surface area (Å²) in [5.41, 5.74) is 1.52. The van der Waals surface area contributed by atoms with E-state index in [4.69, 9.17) is 13.6 Å². The zero-order valence-electron chi connectivity index (χ0n) is 19.3. The van der Waals surface area contributed by atoms with Crippen LogP contribution in [0.4, 0.5) is 4.79 Å². The van der Waals surface area contributed by atoms with E-state index in [9.17, 15) is 4.79 Å². The van der Waals surface area contributed by atoms with Crippen molar-refractivity contribution in [1.82, 2.24) is 4.90 Å². The lowest BCUT2D eigenvalue weighted by Crippen LogP contribution is -2.42. The molecular weight excluding hydrogens is 466 g/mol. The van der Waals surface area contributed by atoms with Crippen molar-refractivity contribution < 1.29 is 18.4 Å². The van der Waals surface area contributed by atoms with Crippen LogP contribution in [0.5, 0.6) is 0 Å². The van der Waals surface area contributed by atoms with Crippen molar-refractivity contribution in [2.75, 3.05) is 6.54 Å². The van der Waals surface area contributed by atoms with E-state index in [1.165, 1.54) is 0 Å². The molecule has 0 bridgehead atoms. The molecule has 0 aliphatic carbocycles. The minimum absolute atomic E-state index is 0.179.